The van der Waals surface area contributed by atoms with Crippen molar-refractivity contribution in [1.82, 2.24) is 15.0 Å². The molecule has 0 saturated carbocycles. The van der Waals surface area contributed by atoms with Crippen LogP contribution in [0, 0.1) is 0 Å². The average molecular weight is 266 g/mol. The Kier molecular flexibility index (Phi) is 5.02. The predicted octanol–water partition coefficient (Wildman–Crippen LogP) is 2.53. The lowest BCUT2D eigenvalue weighted by molar-refractivity contribution is 0.298. The highest BCUT2D eigenvalue weighted by Gasteiger charge is 2.00. The van der Waals surface area contributed by atoms with Crippen molar-refractivity contribution < 1.29 is 4.74 Å². The van der Waals surface area contributed by atoms with Crippen LogP contribution >= 0.6 is 11.6 Å². The Hall–Kier alpha value is -1.55. The summed E-state index contributed by atoms with van der Waals surface area (Å²) in [5.41, 5.74) is 0.939. The first-order valence-electron chi connectivity index (χ1n) is 6.01. The second-order valence-electron chi connectivity index (χ2n) is 3.93. The summed E-state index contributed by atoms with van der Waals surface area (Å²) in [6, 6.07) is 9.80. The molecule has 0 radical (unpaired) electrons. The Labute approximate surface area is 112 Å². The summed E-state index contributed by atoms with van der Waals surface area (Å²) in [6.07, 6.45) is 3.60. The van der Waals surface area contributed by atoms with Crippen LogP contribution in [-0.4, -0.2) is 27.5 Å². The molecule has 0 saturated heterocycles. The second-order valence-corrected chi connectivity index (χ2v) is 4.30. The molecule has 0 atom stereocenters. The number of rotatable bonds is 7. The summed E-state index contributed by atoms with van der Waals surface area (Å²) in [5.74, 6) is 1.48. The van der Waals surface area contributed by atoms with Crippen LogP contribution in [0.1, 0.15) is 12.1 Å². The molecule has 0 aliphatic rings. The average Bonchev–Trinajstić information content (AvgIpc) is 2.84. The van der Waals surface area contributed by atoms with E-state index >= 15 is 0 Å². The lowest BCUT2D eigenvalue weighted by Gasteiger charge is -2.05. The van der Waals surface area contributed by atoms with Gasteiger partial charge in [-0.25, -0.2) is 0 Å². The fraction of sp³-hybridized carbons (Fsp3) is 0.385. The van der Waals surface area contributed by atoms with Crippen molar-refractivity contribution in [2.24, 2.45) is 0 Å². The van der Waals surface area contributed by atoms with E-state index < -0.39 is 0 Å². The number of hydrogen-bond donors (Lipinski definition) is 0. The van der Waals surface area contributed by atoms with Gasteiger partial charge in [-0.2, -0.15) is 0 Å². The molecule has 18 heavy (non-hydrogen) atoms. The summed E-state index contributed by atoms with van der Waals surface area (Å²) in [6.45, 7) is 1.48. The molecule has 0 bridgehead atoms. The van der Waals surface area contributed by atoms with Crippen molar-refractivity contribution >= 4 is 11.6 Å². The van der Waals surface area contributed by atoms with Gasteiger partial charge in [0.05, 0.1) is 12.3 Å². The number of hydrogen-bond acceptors (Lipinski definition) is 3. The van der Waals surface area contributed by atoms with Gasteiger partial charge in [0.15, 0.2) is 0 Å². The molecule has 0 N–H and O–H groups in total. The van der Waals surface area contributed by atoms with Crippen molar-refractivity contribution in [3.8, 4) is 5.75 Å². The minimum absolute atomic E-state index is 0.579. The molecule has 0 unspecified atom stereocenters. The molecule has 1 aromatic carbocycles. The van der Waals surface area contributed by atoms with Crippen LogP contribution in [0.25, 0.3) is 0 Å². The van der Waals surface area contributed by atoms with Gasteiger partial charge in [0.1, 0.15) is 5.75 Å². The first-order chi connectivity index (χ1) is 8.88. The Morgan fingerprint density at radius 2 is 2.06 bits per heavy atom. The maximum Gasteiger partial charge on any atom is 0.119 e. The van der Waals surface area contributed by atoms with Crippen LogP contribution in [0.2, 0.25) is 0 Å². The number of aryl methyl sites for hydroxylation is 2. The van der Waals surface area contributed by atoms with Crippen molar-refractivity contribution in [2.75, 3.05) is 12.5 Å². The highest BCUT2D eigenvalue weighted by molar-refractivity contribution is 6.17. The zero-order valence-electron chi connectivity index (χ0n) is 10.1. The van der Waals surface area contributed by atoms with Crippen molar-refractivity contribution in [3.63, 3.8) is 0 Å². The van der Waals surface area contributed by atoms with Crippen LogP contribution in [0.15, 0.2) is 36.5 Å². The largest absolute Gasteiger partial charge is 0.494 e. The molecule has 0 spiro atoms. The molecular formula is C13H16ClN3O. The van der Waals surface area contributed by atoms with Crippen LogP contribution in [-0.2, 0) is 13.0 Å². The molecule has 96 valence electrons. The maximum absolute atomic E-state index is 5.64. The highest BCUT2D eigenvalue weighted by Crippen LogP contribution is 2.08. The molecule has 0 fully saturated rings. The third-order valence-corrected chi connectivity index (χ3v) is 2.67. The second kappa shape index (κ2) is 7.01. The van der Waals surface area contributed by atoms with E-state index in [1.807, 2.05) is 41.2 Å². The summed E-state index contributed by atoms with van der Waals surface area (Å²) in [7, 11) is 0. The number of aromatic nitrogens is 3. The van der Waals surface area contributed by atoms with E-state index in [0.29, 0.717) is 12.5 Å². The van der Waals surface area contributed by atoms with Gasteiger partial charge >= 0.3 is 0 Å². The van der Waals surface area contributed by atoms with Crippen molar-refractivity contribution in [3.05, 3.63) is 42.2 Å². The van der Waals surface area contributed by atoms with Gasteiger partial charge in [-0.1, -0.05) is 23.4 Å². The van der Waals surface area contributed by atoms with Crippen LogP contribution in [0.5, 0.6) is 5.75 Å². The lowest BCUT2D eigenvalue weighted by atomic mass is 10.3. The third kappa shape index (κ3) is 4.04. The Balaban J connectivity index is 1.68. The van der Waals surface area contributed by atoms with E-state index in [9.17, 15) is 0 Å². The fourth-order valence-corrected chi connectivity index (χ4v) is 1.79. The van der Waals surface area contributed by atoms with E-state index in [1.165, 1.54) is 0 Å². The molecule has 0 aliphatic heterocycles. The van der Waals surface area contributed by atoms with E-state index in [1.54, 1.807) is 0 Å². The molecule has 0 amide bonds. The SMILES string of the molecule is ClCCc1cn(CCCOc2ccccc2)nn1. The summed E-state index contributed by atoms with van der Waals surface area (Å²) < 4.78 is 7.43. The maximum atomic E-state index is 5.64. The van der Waals surface area contributed by atoms with Crippen LogP contribution < -0.4 is 4.74 Å². The highest BCUT2D eigenvalue weighted by atomic mass is 35.5. The van der Waals surface area contributed by atoms with Gasteiger partial charge in [-0.3, -0.25) is 4.68 Å². The molecule has 5 heteroatoms. The number of halogens is 1. The van der Waals surface area contributed by atoms with Gasteiger partial charge in [0, 0.05) is 31.5 Å². The first-order valence-corrected chi connectivity index (χ1v) is 6.55. The molecule has 4 nitrogen and oxygen atoms in total. The zero-order chi connectivity index (χ0) is 12.6. The summed E-state index contributed by atoms with van der Waals surface area (Å²) >= 11 is 5.64. The number of ether oxygens (including phenoxy) is 1. The molecule has 1 heterocycles. The Bertz CT molecular complexity index is 458. The zero-order valence-corrected chi connectivity index (χ0v) is 10.9. The third-order valence-electron chi connectivity index (χ3n) is 2.48. The summed E-state index contributed by atoms with van der Waals surface area (Å²) in [4.78, 5) is 0. The van der Waals surface area contributed by atoms with Gasteiger partial charge in [0.2, 0.25) is 0 Å². The number of benzene rings is 1. The van der Waals surface area contributed by atoms with E-state index in [2.05, 4.69) is 10.3 Å². The van der Waals surface area contributed by atoms with Crippen molar-refractivity contribution in [2.45, 2.75) is 19.4 Å². The van der Waals surface area contributed by atoms with Gasteiger partial charge in [0.25, 0.3) is 0 Å². The Morgan fingerprint density at radius 3 is 2.83 bits per heavy atom. The van der Waals surface area contributed by atoms with Crippen LogP contribution in [0.4, 0.5) is 0 Å². The number of nitrogens with zero attached hydrogens (tertiary/aromatic N) is 3. The van der Waals surface area contributed by atoms with Gasteiger partial charge in [-0.15, -0.1) is 16.7 Å². The minimum Gasteiger partial charge on any atom is -0.494 e. The first kappa shape index (κ1) is 12.9. The normalized spacial score (nSPS) is 10.5. The smallest absolute Gasteiger partial charge is 0.119 e. The monoisotopic (exact) mass is 265 g/mol. The Morgan fingerprint density at radius 1 is 1.22 bits per heavy atom. The van der Waals surface area contributed by atoms with E-state index in [0.717, 1.165) is 30.8 Å². The molecule has 1 aromatic heterocycles. The van der Waals surface area contributed by atoms with E-state index in [4.69, 9.17) is 16.3 Å². The molecule has 2 aromatic rings. The summed E-state index contributed by atoms with van der Waals surface area (Å²) in [5, 5.41) is 8.06. The van der Waals surface area contributed by atoms with E-state index in [-0.39, 0.29) is 0 Å². The molecule has 2 rings (SSSR count). The predicted molar refractivity (Wildman–Crippen MR) is 71.0 cm³/mol. The van der Waals surface area contributed by atoms with Crippen molar-refractivity contribution in [1.29, 1.82) is 0 Å². The standard InChI is InChI=1S/C13H16ClN3O/c14-8-7-12-11-17(16-15-12)9-4-10-18-13-5-2-1-3-6-13/h1-3,5-6,11H,4,7-10H2. The van der Waals surface area contributed by atoms with Gasteiger partial charge in [-0.05, 0) is 12.1 Å². The topological polar surface area (TPSA) is 39.9 Å². The fourth-order valence-electron chi connectivity index (χ4n) is 1.59. The number of alkyl halides is 1. The molecule has 0 aliphatic carbocycles. The quantitative estimate of drug-likeness (QED) is 0.571. The lowest BCUT2D eigenvalue weighted by Crippen LogP contribution is -2.05. The molecular weight excluding hydrogens is 250 g/mol. The minimum atomic E-state index is 0.579. The van der Waals surface area contributed by atoms with Gasteiger partial charge < -0.3 is 4.74 Å². The number of para-hydroxylation sites is 1. The van der Waals surface area contributed by atoms with Crippen LogP contribution in [0.3, 0.4) is 0 Å².